The van der Waals surface area contributed by atoms with Crippen molar-refractivity contribution in [3.63, 3.8) is 0 Å². The van der Waals surface area contributed by atoms with Crippen molar-refractivity contribution < 1.29 is 0 Å². The van der Waals surface area contributed by atoms with E-state index in [1.165, 1.54) is 24.2 Å². The third-order valence-electron chi connectivity index (χ3n) is 3.21. The largest absolute Gasteiger partial charge is 0.306 e. The molecule has 2 atom stereocenters. The third-order valence-corrected chi connectivity index (χ3v) is 3.94. The van der Waals surface area contributed by atoms with E-state index in [0.29, 0.717) is 12.1 Å². The third kappa shape index (κ3) is 5.45. The van der Waals surface area contributed by atoms with E-state index in [1.807, 2.05) is 11.8 Å². The van der Waals surface area contributed by atoms with Crippen molar-refractivity contribution in [1.29, 1.82) is 0 Å². The summed E-state index contributed by atoms with van der Waals surface area (Å²) in [4.78, 5) is 0. The summed E-state index contributed by atoms with van der Waals surface area (Å²) in [6.45, 7) is 6.87. The highest BCUT2D eigenvalue weighted by Gasteiger charge is 2.16. The Bertz CT molecular complexity index is 310. The van der Waals surface area contributed by atoms with Gasteiger partial charge in [-0.15, -0.1) is 0 Å². The maximum Gasteiger partial charge on any atom is 0.0325 e. The molecule has 1 rings (SSSR count). The van der Waals surface area contributed by atoms with Crippen LogP contribution >= 0.6 is 11.8 Å². The Balaban J connectivity index is 2.72. The number of hydrogen-bond acceptors (Lipinski definition) is 2. The summed E-state index contributed by atoms with van der Waals surface area (Å²) >= 11 is 1.93. The Labute approximate surface area is 117 Å². The molecule has 0 aliphatic rings. The van der Waals surface area contributed by atoms with Crippen LogP contribution in [-0.2, 0) is 0 Å². The van der Waals surface area contributed by atoms with Gasteiger partial charge in [0.25, 0.3) is 0 Å². The average molecular weight is 265 g/mol. The maximum atomic E-state index is 3.83. The molecule has 0 saturated heterocycles. The van der Waals surface area contributed by atoms with Gasteiger partial charge in [-0.3, -0.25) is 0 Å². The summed E-state index contributed by atoms with van der Waals surface area (Å²) in [6.07, 6.45) is 4.58. The molecule has 1 N–H and O–H groups in total. The zero-order valence-corrected chi connectivity index (χ0v) is 13.0. The molecule has 1 aromatic rings. The average Bonchev–Trinajstić information content (AvgIpc) is 2.37. The molecule has 0 saturated carbocycles. The zero-order valence-electron chi connectivity index (χ0n) is 12.1. The lowest BCUT2D eigenvalue weighted by atomic mass is 9.96. The molecule has 0 aromatic heterocycles. The van der Waals surface area contributed by atoms with Crippen LogP contribution in [0.3, 0.4) is 0 Å². The van der Waals surface area contributed by atoms with E-state index in [4.69, 9.17) is 0 Å². The number of thioether (sulfide) groups is 1. The maximum absolute atomic E-state index is 3.83. The highest BCUT2D eigenvalue weighted by molar-refractivity contribution is 7.98. The zero-order chi connectivity index (χ0) is 13.4. The summed E-state index contributed by atoms with van der Waals surface area (Å²) in [5, 5.41) is 3.83. The van der Waals surface area contributed by atoms with Crippen LogP contribution in [0.5, 0.6) is 0 Å². The van der Waals surface area contributed by atoms with Gasteiger partial charge in [0, 0.05) is 17.8 Å². The quantitative estimate of drug-likeness (QED) is 0.742. The van der Waals surface area contributed by atoms with Gasteiger partial charge in [0.2, 0.25) is 0 Å². The summed E-state index contributed by atoms with van der Waals surface area (Å²) in [5.41, 5.74) is 1.42. The fraction of sp³-hybridized carbons (Fsp3) is 0.625. The molecule has 0 spiro atoms. The van der Waals surface area contributed by atoms with E-state index in [9.17, 15) is 0 Å². The molecular weight excluding hydrogens is 238 g/mol. The minimum Gasteiger partial charge on any atom is -0.306 e. The summed E-state index contributed by atoms with van der Waals surface area (Å²) in [6, 6.07) is 12.0. The van der Waals surface area contributed by atoms with Crippen molar-refractivity contribution in [3.05, 3.63) is 35.9 Å². The number of rotatable bonds is 8. The van der Waals surface area contributed by atoms with Crippen molar-refractivity contribution in [2.75, 3.05) is 12.0 Å². The summed E-state index contributed by atoms with van der Waals surface area (Å²) in [7, 11) is 0. The topological polar surface area (TPSA) is 12.0 Å². The second kappa shape index (κ2) is 8.60. The van der Waals surface area contributed by atoms with E-state index >= 15 is 0 Å². The molecule has 0 radical (unpaired) electrons. The SMILES string of the molecule is CCC(CSC)NC(CC(C)C)c1ccccc1. The van der Waals surface area contributed by atoms with E-state index in [1.54, 1.807) is 0 Å². The van der Waals surface area contributed by atoms with E-state index in [2.05, 4.69) is 62.7 Å². The van der Waals surface area contributed by atoms with Gasteiger partial charge in [0.1, 0.15) is 0 Å². The van der Waals surface area contributed by atoms with Crippen molar-refractivity contribution >= 4 is 11.8 Å². The molecule has 1 aromatic carbocycles. The van der Waals surface area contributed by atoms with Crippen molar-refractivity contribution in [2.45, 2.75) is 45.7 Å². The van der Waals surface area contributed by atoms with Crippen molar-refractivity contribution in [1.82, 2.24) is 5.32 Å². The van der Waals surface area contributed by atoms with Gasteiger partial charge >= 0.3 is 0 Å². The van der Waals surface area contributed by atoms with Crippen molar-refractivity contribution in [2.24, 2.45) is 5.92 Å². The predicted octanol–water partition coefficient (Wildman–Crippen LogP) is 4.51. The fourth-order valence-corrected chi connectivity index (χ4v) is 2.96. The Morgan fingerprint density at radius 1 is 1.17 bits per heavy atom. The van der Waals surface area contributed by atoms with Crippen molar-refractivity contribution in [3.8, 4) is 0 Å². The van der Waals surface area contributed by atoms with Crippen LogP contribution < -0.4 is 5.32 Å². The summed E-state index contributed by atoms with van der Waals surface area (Å²) < 4.78 is 0. The lowest BCUT2D eigenvalue weighted by Gasteiger charge is -2.26. The molecule has 0 fully saturated rings. The molecular formula is C16H27NS. The number of hydrogen-bond donors (Lipinski definition) is 1. The van der Waals surface area contributed by atoms with Gasteiger partial charge in [-0.05, 0) is 30.6 Å². The van der Waals surface area contributed by atoms with Crippen LogP contribution in [0.25, 0.3) is 0 Å². The van der Waals surface area contributed by atoms with Crippen LogP contribution in [0, 0.1) is 5.92 Å². The first-order valence-corrected chi connectivity index (χ1v) is 8.36. The lowest BCUT2D eigenvalue weighted by Crippen LogP contribution is -2.35. The van der Waals surface area contributed by atoms with Crippen LogP contribution in [-0.4, -0.2) is 18.1 Å². The number of nitrogens with one attached hydrogen (secondary N) is 1. The van der Waals surface area contributed by atoms with E-state index < -0.39 is 0 Å². The minimum atomic E-state index is 0.489. The van der Waals surface area contributed by atoms with Gasteiger partial charge < -0.3 is 5.32 Å². The second-order valence-electron chi connectivity index (χ2n) is 5.32. The molecule has 0 heterocycles. The van der Waals surface area contributed by atoms with Gasteiger partial charge in [-0.25, -0.2) is 0 Å². The molecule has 1 nitrogen and oxygen atoms in total. The second-order valence-corrected chi connectivity index (χ2v) is 6.23. The van der Waals surface area contributed by atoms with E-state index in [0.717, 1.165) is 5.92 Å². The van der Waals surface area contributed by atoms with Crippen LogP contribution in [0.2, 0.25) is 0 Å². The highest BCUT2D eigenvalue weighted by atomic mass is 32.2. The molecule has 102 valence electrons. The standard InChI is InChI=1S/C16H27NS/c1-5-15(12-18-4)17-16(11-13(2)3)14-9-7-6-8-10-14/h6-10,13,15-17H,5,11-12H2,1-4H3. The Hall–Kier alpha value is -0.470. The minimum absolute atomic E-state index is 0.489. The molecule has 2 heteroatoms. The fourth-order valence-electron chi connectivity index (χ4n) is 2.23. The first-order chi connectivity index (χ1) is 8.67. The van der Waals surface area contributed by atoms with Crippen LogP contribution in [0.1, 0.15) is 45.2 Å². The molecule has 2 unspecified atom stereocenters. The van der Waals surface area contributed by atoms with E-state index in [-0.39, 0.29) is 0 Å². The Morgan fingerprint density at radius 3 is 2.33 bits per heavy atom. The Kier molecular flexibility index (Phi) is 7.45. The van der Waals surface area contributed by atoms with Crippen LogP contribution in [0.15, 0.2) is 30.3 Å². The molecule has 0 aliphatic heterocycles. The highest BCUT2D eigenvalue weighted by Crippen LogP contribution is 2.22. The number of benzene rings is 1. The van der Waals surface area contributed by atoms with Gasteiger partial charge in [-0.1, -0.05) is 51.1 Å². The molecule has 0 bridgehead atoms. The first-order valence-electron chi connectivity index (χ1n) is 6.97. The Morgan fingerprint density at radius 2 is 1.83 bits per heavy atom. The predicted molar refractivity (Wildman–Crippen MR) is 84.2 cm³/mol. The molecule has 18 heavy (non-hydrogen) atoms. The smallest absolute Gasteiger partial charge is 0.0325 e. The molecule has 0 aliphatic carbocycles. The van der Waals surface area contributed by atoms with Gasteiger partial charge in [0.05, 0.1) is 0 Å². The van der Waals surface area contributed by atoms with Gasteiger partial charge in [0.15, 0.2) is 0 Å². The normalized spacial score (nSPS) is 14.7. The first kappa shape index (κ1) is 15.6. The van der Waals surface area contributed by atoms with Crippen LogP contribution in [0.4, 0.5) is 0 Å². The molecule has 0 amide bonds. The van der Waals surface area contributed by atoms with Gasteiger partial charge in [-0.2, -0.15) is 11.8 Å². The lowest BCUT2D eigenvalue weighted by molar-refractivity contribution is 0.387. The summed E-state index contributed by atoms with van der Waals surface area (Å²) in [5.74, 6) is 1.91. The monoisotopic (exact) mass is 265 g/mol.